The Balaban J connectivity index is 0.000000155. The molecule has 0 bridgehead atoms. The summed E-state index contributed by atoms with van der Waals surface area (Å²) < 4.78 is 40.4. The van der Waals surface area contributed by atoms with Crippen LogP contribution in [0.3, 0.4) is 0 Å². The molecule has 0 amide bonds. The molecule has 10 aromatic carbocycles. The predicted octanol–water partition coefficient (Wildman–Crippen LogP) is 13.3. The number of halogens is 5. The molecule has 0 aliphatic heterocycles. The number of hydrogen-bond acceptors (Lipinski definition) is 14. The average molecular weight is 2190 g/mol. The lowest BCUT2D eigenvalue weighted by Crippen LogP contribution is -2.40. The molecule has 34 nitrogen and oxygen atoms in total. The molecule has 0 saturated heterocycles. The van der Waals surface area contributed by atoms with Crippen molar-refractivity contribution < 1.29 is 65.8 Å². The van der Waals surface area contributed by atoms with Crippen LogP contribution in [0, 0.1) is 13.8 Å². The highest BCUT2D eigenvalue weighted by Gasteiger charge is 2.20. The molecular weight excluding hydrogens is 2070 g/mol. The fourth-order valence-corrected chi connectivity index (χ4v) is 16.9. The number of methoxy groups -OCH3 is 4. The Labute approximate surface area is 874 Å². The minimum Gasteiger partial charge on any atom is -0.493 e. The Morgan fingerprint density at radius 2 is 0.585 bits per heavy atom. The molecule has 0 atom stereocenters. The van der Waals surface area contributed by atoms with Crippen LogP contribution in [0.2, 0.25) is 15.1 Å². The van der Waals surface area contributed by atoms with Crippen LogP contribution < -0.4 is 120 Å². The van der Waals surface area contributed by atoms with E-state index in [2.05, 4.69) is 103 Å². The van der Waals surface area contributed by atoms with Gasteiger partial charge in [-0.2, -0.15) is 51.0 Å². The highest BCUT2D eigenvalue weighted by molar-refractivity contribution is 9.10. The Morgan fingerprint density at radius 1 is 0.259 bits per heavy atom. The minimum absolute atomic E-state index is 0.0110. The van der Waals surface area contributed by atoms with Crippen molar-refractivity contribution in [3.8, 4) is 23.0 Å². The number of H-pyrrole nitrogens is 10. The molecule has 0 spiro atoms. The van der Waals surface area contributed by atoms with Crippen molar-refractivity contribution in [2.75, 3.05) is 28.4 Å². The van der Waals surface area contributed by atoms with Gasteiger partial charge in [-0.1, -0.05) is 123 Å². The molecule has 0 aliphatic rings. The largest absolute Gasteiger partial charge is 0.493 e. The number of benzene rings is 10. The Kier molecular flexibility index (Phi) is 40.7. The van der Waals surface area contributed by atoms with E-state index in [4.69, 9.17) is 53.8 Å². The minimum atomic E-state index is -0.0498. The summed E-state index contributed by atoms with van der Waals surface area (Å²) in [5, 5.41) is 39.7. The van der Waals surface area contributed by atoms with Crippen molar-refractivity contribution >= 4 is 176 Å². The van der Waals surface area contributed by atoms with Crippen molar-refractivity contribution in [3.05, 3.63) is 375 Å². The van der Waals surface area contributed by atoms with Gasteiger partial charge in [0.15, 0.2) is 94.0 Å². The predicted molar refractivity (Wildman–Crippen MR) is 580 cm³/mol. The van der Waals surface area contributed by atoms with Crippen LogP contribution in [0.15, 0.2) is 295 Å². The fourth-order valence-electron chi connectivity index (χ4n) is 15.5. The summed E-state index contributed by atoms with van der Waals surface area (Å²) in [6.07, 6.45) is 17.7. The van der Waals surface area contributed by atoms with E-state index in [1.807, 2.05) is 192 Å². The van der Waals surface area contributed by atoms with E-state index in [0.29, 0.717) is 94.5 Å². The van der Waals surface area contributed by atoms with Crippen molar-refractivity contribution in [1.82, 2.24) is 51.0 Å². The maximum atomic E-state index is 11.9. The molecule has 147 heavy (non-hydrogen) atoms. The first-order chi connectivity index (χ1) is 70.7. The van der Waals surface area contributed by atoms with E-state index >= 15 is 0 Å². The molecule has 10 aromatic heterocycles. The summed E-state index contributed by atoms with van der Waals surface area (Å²) in [6, 6.07) is 53.2. The number of aromatic nitrogens is 20. The Bertz CT molecular complexity index is 8670. The molecule has 0 fully saturated rings. The molecule has 0 saturated carbocycles. The van der Waals surface area contributed by atoms with Gasteiger partial charge in [0.05, 0.1) is 92.3 Å². The third-order valence-corrected chi connectivity index (χ3v) is 24.9. The Morgan fingerprint density at radius 3 is 1.03 bits per heavy atom. The molecule has 0 aliphatic carbocycles. The van der Waals surface area contributed by atoms with E-state index in [1.54, 1.807) is 165 Å². The second-order valence-electron chi connectivity index (χ2n) is 33.2. The smallest absolute Gasteiger partial charge is 0.255 e. The lowest BCUT2D eigenvalue weighted by Gasteiger charge is -2.08. The zero-order valence-corrected chi connectivity index (χ0v) is 90.0. The first-order valence-corrected chi connectivity index (χ1v) is 50.4. The number of aromatic amines is 10. The third-order valence-electron chi connectivity index (χ3n) is 23.0. The highest BCUT2D eigenvalue weighted by Crippen LogP contribution is 2.33. The van der Waals surface area contributed by atoms with Gasteiger partial charge in [0.25, 0.3) is 54.3 Å². The normalized spacial score (nSPS) is 10.7. The number of nitrogens with zero attached hydrogens (tertiary/aromatic N) is 10. The first-order valence-electron chi connectivity index (χ1n) is 47.7. The lowest BCUT2D eigenvalue weighted by molar-refractivity contribution is -0.752. The Hall–Kier alpha value is -15.4. The fraction of sp³-hybridized carbons (Fsp3) is 0.259. The molecule has 0 radical (unpaired) electrons. The van der Waals surface area contributed by atoms with E-state index in [-0.39, 0.29) is 54.3 Å². The second kappa shape index (κ2) is 53.5. The van der Waals surface area contributed by atoms with Gasteiger partial charge >= 0.3 is 0 Å². The standard InChI is InChI=1S/2C12H14N2O3.C12H14N2O.C11H11BrN2O.C11H12N2O.C10H9BrN2O.3C10H9ClN2O.C10H10N2O/c1-4-14-7-10(15)8-5-11(16-2)12(17-3)6-9(8)13-14;1-4-14-7-9(15)8-5-6-10(16-2)12(17-3)11(8)13-14;1-4-14-7-11(15)10-6-8(2)5-9(3)12(10)13-14;1-2-5-14-7-11(15)9-6-8(12)3-4-10(9)13-14;1-2-7-13-8-11(14)9-5-3-4-6-10(9)12-13;2*1-2-13-6-10(14)8-5-7(11)3-4-9(8)12-13;1-2-13-6-9(14)10-7(11)4-3-5-8(10)12-13;1-2-13-6-9(14)7-4-3-5-8(11)10(7)12-13;1-2-12-7-10(13)8-5-3-4-6-9(8)11-12/h2*5-7H,4H2,1-3H3;5-7H,4H2,1-3H3;3-4,6-7H,2,5H2,1H3;3-6,8H,2,7H2,1H3;4*3-6H,2H2,1H3;3-7H,2H2,1H3/p+10. The average Bonchev–Trinajstić information content (AvgIpc) is 0.747. The van der Waals surface area contributed by atoms with Crippen molar-refractivity contribution in [1.29, 1.82) is 0 Å². The van der Waals surface area contributed by atoms with Gasteiger partial charge in [0, 0.05) is 32.9 Å². The van der Waals surface area contributed by atoms with Gasteiger partial charge in [-0.3, -0.25) is 47.9 Å². The van der Waals surface area contributed by atoms with Crippen molar-refractivity contribution in [2.24, 2.45) is 0 Å². The number of para-hydroxylation sites is 3. The van der Waals surface area contributed by atoms with E-state index in [9.17, 15) is 47.9 Å². The summed E-state index contributed by atoms with van der Waals surface area (Å²) in [5.74, 6) is 2.30. The number of rotatable bonds is 16. The summed E-state index contributed by atoms with van der Waals surface area (Å²) in [6.45, 7) is 31.6. The summed E-state index contributed by atoms with van der Waals surface area (Å²) in [4.78, 5) is 117. The van der Waals surface area contributed by atoms with Crippen LogP contribution >= 0.6 is 66.7 Å². The number of nitrogens with one attached hydrogen (secondary N) is 10. The lowest BCUT2D eigenvalue weighted by atomic mass is 10.1. The summed E-state index contributed by atoms with van der Waals surface area (Å²) in [7, 11) is 6.24. The van der Waals surface area contributed by atoms with Gasteiger partial charge in [-0.25, -0.2) is 0 Å². The monoisotopic (exact) mass is 2180 g/mol. The van der Waals surface area contributed by atoms with Crippen LogP contribution in [0.1, 0.15) is 93.2 Å². The molecule has 762 valence electrons. The van der Waals surface area contributed by atoms with Gasteiger partial charge in [0.2, 0.25) is 62.0 Å². The highest BCUT2D eigenvalue weighted by atomic mass is 79.9. The summed E-state index contributed by atoms with van der Waals surface area (Å²) >= 11 is 24.4. The molecule has 0 unspecified atom stereocenters. The maximum Gasteiger partial charge on any atom is 0.255 e. The van der Waals surface area contributed by atoms with Gasteiger partial charge in [0.1, 0.15) is 49.7 Å². The molecule has 20 rings (SSSR count). The van der Waals surface area contributed by atoms with Crippen LogP contribution in [0.5, 0.6) is 23.0 Å². The van der Waals surface area contributed by atoms with Crippen LogP contribution in [0.25, 0.3) is 109 Å². The first kappa shape index (κ1) is 112. The van der Waals surface area contributed by atoms with Gasteiger partial charge in [-0.05, 0) is 208 Å². The molecular formula is C108H121Br2Cl3N20O14+10. The quantitative estimate of drug-likeness (QED) is 0.0402. The van der Waals surface area contributed by atoms with Crippen LogP contribution in [-0.2, 0) is 65.4 Å². The maximum absolute atomic E-state index is 11.9. The SMILES string of the molecule is CCC[n+]1cc(=O)c2cc(Br)ccc2[nH]1.CCC[n+]1cc(=O)c2ccccc2[nH]1.CC[n+]1cc(=O)c2c(Cl)cccc2[nH]1.CC[n+]1cc(=O)c2cc(Br)ccc2[nH]1.CC[n+]1cc(=O)c2cc(C)cc(C)c2[nH]1.CC[n+]1cc(=O)c2cc(Cl)ccc2[nH]1.CC[n+]1cc(=O)c2cc(OC)c(OC)cc2[nH]1.CC[n+]1cc(=O)c2ccc(OC)c(OC)c2[nH]1.CC[n+]1cc(=O)c2cccc(Cl)c2[nH]1.CC[n+]1cc(=O)c2ccccc2[nH]1. The topological polar surface area (TPSA) is 404 Å². The molecule has 39 heteroatoms. The van der Waals surface area contributed by atoms with Crippen LogP contribution in [0.4, 0.5) is 0 Å². The zero-order valence-electron chi connectivity index (χ0n) is 84.6. The molecule has 10 N–H and O–H groups in total. The van der Waals surface area contributed by atoms with E-state index < -0.39 is 0 Å². The van der Waals surface area contributed by atoms with Crippen molar-refractivity contribution in [2.45, 2.75) is 161 Å². The number of ether oxygens (including phenoxy) is 4. The number of hydrogen-bond donors (Lipinski definition) is 10. The van der Waals surface area contributed by atoms with Gasteiger partial charge in [-0.15, -0.1) is 46.8 Å². The molecule has 20 aromatic rings. The number of fused-ring (bicyclic) bond motifs is 10. The van der Waals surface area contributed by atoms with Gasteiger partial charge < -0.3 is 18.9 Å². The third kappa shape index (κ3) is 29.1. The number of aryl methyl sites for hydroxylation is 12. The zero-order chi connectivity index (χ0) is 106. The second-order valence-corrected chi connectivity index (χ2v) is 36.3. The van der Waals surface area contributed by atoms with Crippen LogP contribution in [-0.4, -0.2) is 79.4 Å². The van der Waals surface area contributed by atoms with E-state index in [1.165, 1.54) is 18.6 Å². The summed E-state index contributed by atoms with van der Waals surface area (Å²) in [5.41, 5.74) is 10.5. The van der Waals surface area contributed by atoms with Crippen molar-refractivity contribution in [3.63, 3.8) is 0 Å². The molecule has 10 heterocycles. The van der Waals surface area contributed by atoms with E-state index in [0.717, 1.165) is 151 Å².